The first kappa shape index (κ1) is 15.8. The number of hydrogen-bond acceptors (Lipinski definition) is 4. The Morgan fingerprint density at radius 3 is 2.42 bits per heavy atom. The van der Waals surface area contributed by atoms with Gasteiger partial charge in [-0.05, 0) is 17.7 Å². The van der Waals surface area contributed by atoms with E-state index in [1.165, 1.54) is 10.9 Å². The summed E-state index contributed by atoms with van der Waals surface area (Å²) in [5, 5.41) is 16.9. The minimum Gasteiger partial charge on any atom is -0.387 e. The van der Waals surface area contributed by atoms with Crippen LogP contribution in [-0.4, -0.2) is 27.3 Å². The zero-order chi connectivity index (χ0) is 16.9. The van der Waals surface area contributed by atoms with Crippen LogP contribution in [-0.2, 0) is 0 Å². The number of anilines is 1. The number of benzene rings is 2. The van der Waals surface area contributed by atoms with Crippen LogP contribution in [0.2, 0.25) is 0 Å². The van der Waals surface area contributed by atoms with Gasteiger partial charge in [-0.3, -0.25) is 4.79 Å². The highest BCUT2D eigenvalue weighted by Crippen LogP contribution is 2.17. The number of hydrogen-bond donors (Lipinski definition) is 3. The van der Waals surface area contributed by atoms with E-state index in [1.807, 2.05) is 48.5 Å². The second-order valence-corrected chi connectivity index (χ2v) is 5.33. The van der Waals surface area contributed by atoms with Crippen molar-refractivity contribution in [2.24, 2.45) is 0 Å². The molecular formula is C18H18N4O2. The summed E-state index contributed by atoms with van der Waals surface area (Å²) in [5.41, 5.74) is 7.83. The normalized spacial score (nSPS) is 11.9. The molecule has 0 saturated heterocycles. The number of carbonyl (C=O) groups excluding carboxylic acids is 1. The molecule has 4 N–H and O–H groups in total. The molecule has 6 nitrogen and oxygen atoms in total. The molecule has 24 heavy (non-hydrogen) atoms. The minimum absolute atomic E-state index is 0.0960. The monoisotopic (exact) mass is 322 g/mol. The fraction of sp³-hybridized carbons (Fsp3) is 0.111. The van der Waals surface area contributed by atoms with E-state index in [1.54, 1.807) is 12.1 Å². The maximum Gasteiger partial charge on any atom is 0.256 e. The van der Waals surface area contributed by atoms with Crippen molar-refractivity contribution in [1.29, 1.82) is 0 Å². The van der Waals surface area contributed by atoms with Crippen LogP contribution < -0.4 is 11.1 Å². The molecule has 0 spiro atoms. The number of para-hydroxylation sites is 1. The largest absolute Gasteiger partial charge is 0.387 e. The topological polar surface area (TPSA) is 93.2 Å². The zero-order valence-corrected chi connectivity index (χ0v) is 13.0. The first-order valence-electron chi connectivity index (χ1n) is 7.57. The van der Waals surface area contributed by atoms with E-state index in [0.717, 1.165) is 11.3 Å². The Hall–Kier alpha value is -3.12. The number of amides is 1. The molecule has 0 saturated carbocycles. The van der Waals surface area contributed by atoms with Crippen LogP contribution in [0.1, 0.15) is 22.0 Å². The van der Waals surface area contributed by atoms with Gasteiger partial charge in [0.15, 0.2) is 0 Å². The van der Waals surface area contributed by atoms with Crippen molar-refractivity contribution in [3.05, 3.63) is 78.0 Å². The molecule has 0 aliphatic heterocycles. The Morgan fingerprint density at radius 1 is 1.12 bits per heavy atom. The smallest absolute Gasteiger partial charge is 0.256 e. The molecule has 1 aromatic heterocycles. The molecule has 0 bridgehead atoms. The van der Waals surface area contributed by atoms with Gasteiger partial charge in [0.2, 0.25) is 0 Å². The minimum atomic E-state index is -0.777. The van der Waals surface area contributed by atoms with Crippen molar-refractivity contribution in [3.8, 4) is 5.69 Å². The van der Waals surface area contributed by atoms with Crippen molar-refractivity contribution in [2.45, 2.75) is 6.10 Å². The lowest BCUT2D eigenvalue weighted by Crippen LogP contribution is -2.28. The highest BCUT2D eigenvalue weighted by molar-refractivity contribution is 5.98. The second-order valence-electron chi connectivity index (χ2n) is 5.33. The number of rotatable bonds is 5. The summed E-state index contributed by atoms with van der Waals surface area (Å²) >= 11 is 0. The molecule has 0 aliphatic carbocycles. The summed E-state index contributed by atoms with van der Waals surface area (Å²) < 4.78 is 1.50. The van der Waals surface area contributed by atoms with E-state index in [9.17, 15) is 9.90 Å². The Kier molecular flexibility index (Phi) is 4.58. The van der Waals surface area contributed by atoms with Crippen LogP contribution in [0.4, 0.5) is 5.82 Å². The van der Waals surface area contributed by atoms with Crippen LogP contribution in [0.5, 0.6) is 0 Å². The van der Waals surface area contributed by atoms with Gasteiger partial charge in [-0.1, -0.05) is 48.5 Å². The summed E-state index contributed by atoms with van der Waals surface area (Å²) in [6, 6.07) is 18.5. The molecule has 6 heteroatoms. The Morgan fingerprint density at radius 2 is 1.75 bits per heavy atom. The molecule has 0 aliphatic rings. The Labute approximate surface area is 139 Å². The van der Waals surface area contributed by atoms with E-state index in [-0.39, 0.29) is 23.8 Å². The third-order valence-corrected chi connectivity index (χ3v) is 3.69. The average Bonchev–Trinajstić information content (AvgIpc) is 3.02. The lowest BCUT2D eigenvalue weighted by Gasteiger charge is -2.12. The summed E-state index contributed by atoms with van der Waals surface area (Å²) in [5.74, 6) is -0.113. The fourth-order valence-electron chi connectivity index (χ4n) is 2.39. The third kappa shape index (κ3) is 3.28. The number of nitrogens with two attached hydrogens (primary N) is 1. The Bertz CT molecular complexity index is 816. The maximum absolute atomic E-state index is 12.3. The molecule has 1 atom stereocenters. The molecule has 1 unspecified atom stereocenters. The van der Waals surface area contributed by atoms with Crippen molar-refractivity contribution in [1.82, 2.24) is 15.1 Å². The zero-order valence-electron chi connectivity index (χ0n) is 13.0. The van der Waals surface area contributed by atoms with Crippen molar-refractivity contribution in [2.75, 3.05) is 12.3 Å². The molecule has 2 aromatic carbocycles. The third-order valence-electron chi connectivity index (χ3n) is 3.69. The predicted octanol–water partition coefficient (Wildman–Crippen LogP) is 1.92. The lowest BCUT2D eigenvalue weighted by molar-refractivity contribution is 0.0917. The first-order valence-corrected chi connectivity index (χ1v) is 7.57. The van der Waals surface area contributed by atoms with Crippen LogP contribution in [0, 0.1) is 0 Å². The maximum atomic E-state index is 12.3. The summed E-state index contributed by atoms with van der Waals surface area (Å²) in [6.07, 6.45) is 0.646. The van der Waals surface area contributed by atoms with E-state index in [4.69, 9.17) is 5.73 Å². The molecule has 3 aromatic rings. The number of nitrogen functional groups attached to an aromatic ring is 1. The van der Waals surface area contributed by atoms with E-state index >= 15 is 0 Å². The standard InChI is InChI=1S/C18H18N4O2/c19-17-15(11-21-22(17)14-9-5-2-6-10-14)18(24)20-12-16(23)13-7-3-1-4-8-13/h1-11,16,23H,12,19H2,(H,20,24). The van der Waals surface area contributed by atoms with Gasteiger partial charge < -0.3 is 16.2 Å². The Balaban J connectivity index is 1.69. The van der Waals surface area contributed by atoms with Crippen LogP contribution >= 0.6 is 0 Å². The second kappa shape index (κ2) is 6.97. The molecule has 122 valence electrons. The van der Waals surface area contributed by atoms with E-state index in [2.05, 4.69) is 10.4 Å². The lowest BCUT2D eigenvalue weighted by atomic mass is 10.1. The summed E-state index contributed by atoms with van der Waals surface area (Å²) in [4.78, 5) is 12.3. The van der Waals surface area contributed by atoms with Gasteiger partial charge in [0.05, 0.1) is 18.0 Å². The van der Waals surface area contributed by atoms with Gasteiger partial charge in [-0.15, -0.1) is 0 Å². The average molecular weight is 322 g/mol. The van der Waals surface area contributed by atoms with Gasteiger partial charge in [0, 0.05) is 6.54 Å². The predicted molar refractivity (Wildman–Crippen MR) is 91.7 cm³/mol. The number of aromatic nitrogens is 2. The molecular weight excluding hydrogens is 304 g/mol. The number of nitrogens with one attached hydrogen (secondary N) is 1. The van der Waals surface area contributed by atoms with Gasteiger partial charge in [0.25, 0.3) is 5.91 Å². The van der Waals surface area contributed by atoms with Crippen LogP contribution in [0.3, 0.4) is 0 Å². The molecule has 3 rings (SSSR count). The van der Waals surface area contributed by atoms with E-state index < -0.39 is 6.10 Å². The number of carbonyl (C=O) groups is 1. The van der Waals surface area contributed by atoms with E-state index in [0.29, 0.717) is 0 Å². The molecule has 0 fully saturated rings. The van der Waals surface area contributed by atoms with Gasteiger partial charge in [-0.25, -0.2) is 4.68 Å². The van der Waals surface area contributed by atoms with Crippen LogP contribution in [0.25, 0.3) is 5.69 Å². The van der Waals surface area contributed by atoms with Crippen molar-refractivity contribution in [3.63, 3.8) is 0 Å². The molecule has 1 heterocycles. The van der Waals surface area contributed by atoms with Crippen molar-refractivity contribution < 1.29 is 9.90 Å². The quantitative estimate of drug-likeness (QED) is 0.669. The van der Waals surface area contributed by atoms with Crippen LogP contribution in [0.15, 0.2) is 66.9 Å². The summed E-state index contributed by atoms with van der Waals surface area (Å²) in [6.45, 7) is 0.0960. The SMILES string of the molecule is Nc1c(C(=O)NCC(O)c2ccccc2)cnn1-c1ccccc1. The number of aliphatic hydroxyl groups excluding tert-OH is 1. The molecule has 1 amide bonds. The highest BCUT2D eigenvalue weighted by Gasteiger charge is 2.17. The number of nitrogens with zero attached hydrogens (tertiary/aromatic N) is 2. The van der Waals surface area contributed by atoms with Gasteiger partial charge in [-0.2, -0.15) is 5.10 Å². The van der Waals surface area contributed by atoms with Crippen molar-refractivity contribution >= 4 is 11.7 Å². The molecule has 0 radical (unpaired) electrons. The number of aliphatic hydroxyl groups is 1. The van der Waals surface area contributed by atoms with Gasteiger partial charge in [0.1, 0.15) is 11.4 Å². The summed E-state index contributed by atoms with van der Waals surface area (Å²) in [7, 11) is 0. The highest BCUT2D eigenvalue weighted by atomic mass is 16.3. The fourth-order valence-corrected chi connectivity index (χ4v) is 2.39. The van der Waals surface area contributed by atoms with Gasteiger partial charge >= 0.3 is 0 Å². The first-order chi connectivity index (χ1) is 11.7.